The third-order valence-corrected chi connectivity index (χ3v) is 10.4. The van der Waals surface area contributed by atoms with E-state index in [1.807, 2.05) is 24.3 Å². The van der Waals surface area contributed by atoms with Crippen LogP contribution in [-0.2, 0) is 0 Å². The van der Waals surface area contributed by atoms with Crippen LogP contribution < -0.4 is 32.9 Å². The van der Waals surface area contributed by atoms with Crippen LogP contribution in [0, 0.1) is 0 Å². The van der Waals surface area contributed by atoms with Crippen molar-refractivity contribution in [1.29, 1.82) is 0 Å². The minimum atomic E-state index is -1.97. The van der Waals surface area contributed by atoms with Crippen LogP contribution in [0.2, 0.25) is 0 Å². The average Bonchev–Trinajstić information content (AvgIpc) is 2.82. The number of carbonyl (C=O) groups is 1. The van der Waals surface area contributed by atoms with Gasteiger partial charge < -0.3 is 17.0 Å². The number of Topliss-reactive ketones (excluding diaryl/α,β-unsaturated/α-hetero) is 1. The topological polar surface area (TPSA) is 17.1 Å². The molecule has 4 aromatic rings. The first-order valence-electron chi connectivity index (χ1n) is 10.0. The number of ketones is 1. The van der Waals surface area contributed by atoms with Gasteiger partial charge in [-0.3, -0.25) is 4.79 Å². The number of hydrogen-bond donors (Lipinski definition) is 0. The molecule has 31 heavy (non-hydrogen) atoms. The van der Waals surface area contributed by atoms with E-state index in [0.29, 0.717) is 6.42 Å². The van der Waals surface area contributed by atoms with E-state index in [-0.39, 0.29) is 22.8 Å². The van der Waals surface area contributed by atoms with Gasteiger partial charge in [0.1, 0.15) is 23.2 Å². The predicted molar refractivity (Wildman–Crippen MR) is 133 cm³/mol. The minimum Gasteiger partial charge on any atom is -1.00 e. The van der Waals surface area contributed by atoms with Gasteiger partial charge in [-0.2, -0.15) is 0 Å². The Bertz CT molecular complexity index is 1000. The Morgan fingerprint density at radius 1 is 0.613 bits per heavy atom. The molecule has 0 unspecified atom stereocenters. The molecule has 0 aliphatic carbocycles. The molecule has 0 aromatic heterocycles. The molecule has 0 aliphatic rings. The Hall–Kier alpha value is -2.06. The van der Waals surface area contributed by atoms with Crippen molar-refractivity contribution in [3.05, 3.63) is 125 Å². The van der Waals surface area contributed by atoms with Crippen molar-refractivity contribution in [3.8, 4) is 0 Å². The quantitative estimate of drug-likeness (QED) is 0.254. The smallest absolute Gasteiger partial charge is 0.166 e. The summed E-state index contributed by atoms with van der Waals surface area (Å²) in [7, 11) is -1.97. The Kier molecular flexibility index (Phi) is 8.37. The minimum absolute atomic E-state index is 0. The molecule has 0 aliphatic heterocycles. The van der Waals surface area contributed by atoms with E-state index in [1.54, 1.807) is 0 Å². The molecular formula is C27H23Br2OP. The molecule has 0 radical (unpaired) electrons. The standard InChI is InChI=1S/C27H23BrOP.BrH/c28-23-18-16-22(17-19-23)27(29)20-21-30(24-10-4-1-5-11-24,25-12-6-2-7-13-25)26-14-8-3-9-15-26;/h1-19H,20-21H2;1H/q+1;/p-1. The fraction of sp³-hybridized carbons (Fsp3) is 0.0741. The SMILES string of the molecule is O=C(CC[P+](c1ccccc1)(c1ccccc1)c1ccccc1)c1ccc(Br)cc1.[Br-]. The Balaban J connectivity index is 0.00000272. The summed E-state index contributed by atoms with van der Waals surface area (Å²) in [6.45, 7) is 0. The van der Waals surface area contributed by atoms with Crippen LogP contribution >= 0.6 is 23.2 Å². The van der Waals surface area contributed by atoms with Crippen LogP contribution in [0.3, 0.4) is 0 Å². The first-order chi connectivity index (χ1) is 14.7. The predicted octanol–water partition coefficient (Wildman–Crippen LogP) is 3.02. The van der Waals surface area contributed by atoms with Gasteiger partial charge in [0.25, 0.3) is 0 Å². The molecule has 0 saturated heterocycles. The molecule has 0 amide bonds. The molecule has 0 saturated carbocycles. The number of benzene rings is 4. The summed E-state index contributed by atoms with van der Waals surface area (Å²) in [6, 6.07) is 39.8. The lowest BCUT2D eigenvalue weighted by atomic mass is 10.1. The van der Waals surface area contributed by atoms with Gasteiger partial charge >= 0.3 is 0 Å². The monoisotopic (exact) mass is 552 g/mol. The number of halogens is 2. The van der Waals surface area contributed by atoms with Crippen LogP contribution in [-0.4, -0.2) is 11.9 Å². The second-order valence-electron chi connectivity index (χ2n) is 7.22. The van der Waals surface area contributed by atoms with Crippen molar-refractivity contribution in [2.45, 2.75) is 6.42 Å². The Morgan fingerprint density at radius 3 is 1.39 bits per heavy atom. The molecular weight excluding hydrogens is 531 g/mol. The summed E-state index contributed by atoms with van der Waals surface area (Å²) < 4.78 is 0.985. The van der Waals surface area contributed by atoms with Crippen molar-refractivity contribution in [2.75, 3.05) is 6.16 Å². The van der Waals surface area contributed by atoms with Gasteiger partial charge in [0, 0.05) is 16.5 Å². The maximum absolute atomic E-state index is 13.1. The van der Waals surface area contributed by atoms with E-state index in [1.165, 1.54) is 15.9 Å². The van der Waals surface area contributed by atoms with Gasteiger partial charge in [-0.05, 0) is 48.5 Å². The highest BCUT2D eigenvalue weighted by Gasteiger charge is 2.45. The van der Waals surface area contributed by atoms with Gasteiger partial charge in [-0.1, -0.05) is 82.7 Å². The third-order valence-electron chi connectivity index (χ3n) is 5.43. The van der Waals surface area contributed by atoms with Gasteiger partial charge in [-0.25, -0.2) is 0 Å². The van der Waals surface area contributed by atoms with E-state index in [0.717, 1.165) is 16.2 Å². The van der Waals surface area contributed by atoms with Crippen LogP contribution in [0.15, 0.2) is 120 Å². The van der Waals surface area contributed by atoms with Gasteiger partial charge in [-0.15, -0.1) is 0 Å². The molecule has 156 valence electrons. The lowest BCUT2D eigenvalue weighted by Crippen LogP contribution is -3.00. The molecule has 0 bridgehead atoms. The number of hydrogen-bond acceptors (Lipinski definition) is 1. The Labute approximate surface area is 203 Å². The fourth-order valence-electron chi connectivity index (χ4n) is 3.93. The zero-order valence-corrected chi connectivity index (χ0v) is 21.1. The van der Waals surface area contributed by atoms with Gasteiger partial charge in [0.15, 0.2) is 5.78 Å². The van der Waals surface area contributed by atoms with E-state index in [4.69, 9.17) is 0 Å². The fourth-order valence-corrected chi connectivity index (χ4v) is 8.45. The molecule has 4 heteroatoms. The van der Waals surface area contributed by atoms with Crippen LogP contribution in [0.4, 0.5) is 0 Å². The molecule has 4 rings (SSSR count). The molecule has 1 nitrogen and oxygen atoms in total. The zero-order chi connectivity index (χ0) is 20.8. The highest BCUT2D eigenvalue weighted by molar-refractivity contribution is 9.10. The summed E-state index contributed by atoms with van der Waals surface area (Å²) in [4.78, 5) is 13.1. The summed E-state index contributed by atoms with van der Waals surface area (Å²) in [5.74, 6) is 0.190. The second-order valence-corrected chi connectivity index (χ2v) is 11.8. The molecule has 0 fully saturated rings. The number of carbonyl (C=O) groups excluding carboxylic acids is 1. The average molecular weight is 554 g/mol. The van der Waals surface area contributed by atoms with E-state index < -0.39 is 7.26 Å². The van der Waals surface area contributed by atoms with Crippen molar-refractivity contribution in [3.63, 3.8) is 0 Å². The largest absolute Gasteiger partial charge is 1.00 e. The maximum atomic E-state index is 13.1. The molecule has 0 heterocycles. The van der Waals surface area contributed by atoms with Crippen LogP contribution in [0.25, 0.3) is 0 Å². The molecule has 0 N–H and O–H groups in total. The maximum Gasteiger partial charge on any atom is 0.166 e. The first-order valence-corrected chi connectivity index (χ1v) is 12.8. The lowest BCUT2D eigenvalue weighted by molar-refractivity contribution is -0.0000135. The van der Waals surface area contributed by atoms with Gasteiger partial charge in [0.05, 0.1) is 6.16 Å². The van der Waals surface area contributed by atoms with Crippen LogP contribution in [0.5, 0.6) is 0 Å². The van der Waals surface area contributed by atoms with Crippen molar-refractivity contribution in [2.24, 2.45) is 0 Å². The van der Waals surface area contributed by atoms with Crippen LogP contribution in [0.1, 0.15) is 16.8 Å². The van der Waals surface area contributed by atoms with Crippen molar-refractivity contribution >= 4 is 44.9 Å². The lowest BCUT2D eigenvalue weighted by Gasteiger charge is -2.27. The summed E-state index contributed by atoms with van der Waals surface area (Å²) in [5, 5.41) is 3.93. The highest BCUT2D eigenvalue weighted by Crippen LogP contribution is 2.55. The second kappa shape index (κ2) is 11.0. The van der Waals surface area contributed by atoms with E-state index in [2.05, 4.69) is 107 Å². The number of rotatable bonds is 7. The van der Waals surface area contributed by atoms with Gasteiger partial charge in [0.2, 0.25) is 0 Å². The van der Waals surface area contributed by atoms with Crippen molar-refractivity contribution < 1.29 is 21.8 Å². The highest BCUT2D eigenvalue weighted by atomic mass is 79.9. The molecule has 4 aromatic carbocycles. The van der Waals surface area contributed by atoms with E-state index >= 15 is 0 Å². The summed E-state index contributed by atoms with van der Waals surface area (Å²) in [5.41, 5.74) is 0.769. The molecule has 0 atom stereocenters. The van der Waals surface area contributed by atoms with E-state index in [9.17, 15) is 4.79 Å². The van der Waals surface area contributed by atoms with Crippen molar-refractivity contribution in [1.82, 2.24) is 0 Å². The Morgan fingerprint density at radius 2 is 1.00 bits per heavy atom. The first kappa shape index (κ1) is 23.6. The normalized spacial score (nSPS) is 10.9. The third kappa shape index (κ3) is 5.23. The summed E-state index contributed by atoms with van der Waals surface area (Å²) in [6.07, 6.45) is 1.31. The zero-order valence-electron chi connectivity index (χ0n) is 17.0. The summed E-state index contributed by atoms with van der Waals surface area (Å²) >= 11 is 3.45. The molecule has 0 spiro atoms.